The van der Waals surface area contributed by atoms with Crippen molar-refractivity contribution in [2.45, 2.75) is 39.5 Å². The van der Waals surface area contributed by atoms with E-state index in [0.29, 0.717) is 0 Å². The van der Waals surface area contributed by atoms with E-state index >= 15 is 0 Å². The molecule has 223 valence electrons. The van der Waals surface area contributed by atoms with Crippen LogP contribution in [0.15, 0.2) is 34.3 Å². The van der Waals surface area contributed by atoms with Crippen LogP contribution in [-0.2, 0) is 60.1 Å². The van der Waals surface area contributed by atoms with Gasteiger partial charge in [0.15, 0.2) is 6.35 Å². The molecule has 0 N–H and O–H groups in total. The number of azide groups is 1. The van der Waals surface area contributed by atoms with E-state index in [9.17, 15) is 17.5 Å². The number of nitrogens with zero attached hydrogens (tertiary/aromatic N) is 3. The zero-order valence-electron chi connectivity index (χ0n) is 21.9. The van der Waals surface area contributed by atoms with E-state index in [1.807, 2.05) is 29.5 Å². The van der Waals surface area contributed by atoms with Crippen LogP contribution in [0.1, 0.15) is 33.3 Å². The van der Waals surface area contributed by atoms with Gasteiger partial charge in [-0.1, -0.05) is 68.0 Å². The molecule has 0 aliphatic heterocycles. The van der Waals surface area contributed by atoms with Crippen LogP contribution in [0.3, 0.4) is 0 Å². The Balaban J connectivity index is -0.000000275. The van der Waals surface area contributed by atoms with Crippen molar-refractivity contribution in [2.24, 2.45) is 5.11 Å². The minimum absolute atomic E-state index is 0. The Kier molecular flexibility index (Phi) is 35.0. The molecule has 1 aromatic rings. The number of rotatable bonds is 14. The van der Waals surface area contributed by atoms with Gasteiger partial charge in [-0.2, -0.15) is 8.42 Å². The third-order valence-corrected chi connectivity index (χ3v) is 8.26. The molecular weight excluding hydrogens is 940 g/mol. The molecule has 0 amide bonds. The van der Waals surface area contributed by atoms with Gasteiger partial charge in [0.2, 0.25) is 0 Å². The second kappa shape index (κ2) is 28.6. The minimum atomic E-state index is -3.98. The Morgan fingerprint density at radius 3 is 1.61 bits per heavy atom. The van der Waals surface area contributed by atoms with Gasteiger partial charge in [-0.05, 0) is 52.3 Å². The SMILES string of the molecule is CCOP(=O)(CN=[N+]=[N-])OCC.CCOP(=O)(COS(=O)(=O)c1ccc(C)cc1)OCC.ICI.[CH2-]I.[V]. The van der Waals surface area contributed by atoms with Gasteiger partial charge in [0.05, 0.1) is 33.8 Å². The normalized spacial score (nSPS) is 10.7. The van der Waals surface area contributed by atoms with Gasteiger partial charge in [0.1, 0.15) is 6.29 Å². The van der Waals surface area contributed by atoms with E-state index in [0.717, 1.165) is 5.56 Å². The standard InChI is InChI=1S/C12H19O6PS.C5H12N3O3P.CH2I2.CH2I.V/c1-4-16-19(13,17-5-2)10-18-20(14,15)12-8-6-11(3)7-9-12;1-3-10-12(9,11-4-2)5-7-8-6;2-1-3;1-2;/h6-9H,4-5,10H2,1-3H3;3-5H2,1-2H3;1H2;1H2;/q;;;-1;. The molecule has 0 unspecified atom stereocenters. The molecule has 1 aromatic carbocycles. The molecule has 0 aliphatic rings. The molecule has 0 spiro atoms. The summed E-state index contributed by atoms with van der Waals surface area (Å²) in [5, 5.41) is 3.15. The van der Waals surface area contributed by atoms with Crippen LogP contribution in [-0.4, -0.2) is 49.9 Å². The fourth-order valence-corrected chi connectivity index (χ4v) is 5.95. The fraction of sp³-hybridized carbons (Fsp3) is 0.632. The van der Waals surface area contributed by atoms with Gasteiger partial charge in [-0.25, -0.2) is 0 Å². The molecule has 0 fully saturated rings. The van der Waals surface area contributed by atoms with Gasteiger partial charge in [-0.3, -0.25) is 18.2 Å². The molecule has 0 aliphatic carbocycles. The summed E-state index contributed by atoms with van der Waals surface area (Å²) in [6.07, 6.45) is -0.879. The second-order valence-corrected chi connectivity index (χ2v) is 16.0. The fourth-order valence-electron chi connectivity index (χ4n) is 2.03. The first kappa shape index (κ1) is 46.5. The van der Waals surface area contributed by atoms with E-state index in [1.165, 1.54) is 14.6 Å². The molecule has 1 radical (unpaired) electrons. The van der Waals surface area contributed by atoms with E-state index in [2.05, 4.69) is 60.1 Å². The maximum Gasteiger partial charge on any atom is 0.357 e. The third kappa shape index (κ3) is 24.1. The summed E-state index contributed by atoms with van der Waals surface area (Å²) in [5.41, 5.74) is 8.92. The van der Waals surface area contributed by atoms with E-state index in [-0.39, 0.29) is 56.2 Å². The van der Waals surface area contributed by atoms with Gasteiger partial charge >= 0.3 is 15.2 Å². The Labute approximate surface area is 279 Å². The van der Waals surface area contributed by atoms with Crippen LogP contribution in [0.5, 0.6) is 0 Å². The van der Waals surface area contributed by atoms with Crippen LogP contribution in [0.2, 0.25) is 0 Å². The van der Waals surface area contributed by atoms with Crippen molar-refractivity contribution in [3.8, 4) is 0 Å². The Morgan fingerprint density at radius 1 is 0.895 bits per heavy atom. The summed E-state index contributed by atoms with van der Waals surface area (Å²) in [4.78, 5) is 5.70. The number of hydrogen-bond donors (Lipinski definition) is 0. The molecule has 38 heavy (non-hydrogen) atoms. The van der Waals surface area contributed by atoms with Crippen LogP contribution in [0.25, 0.3) is 10.4 Å². The van der Waals surface area contributed by atoms with Crippen molar-refractivity contribution in [2.75, 3.05) is 41.5 Å². The Hall–Kier alpha value is 1.51. The molecule has 0 heterocycles. The van der Waals surface area contributed by atoms with Gasteiger partial charge in [-0.15, -0.1) is 0 Å². The van der Waals surface area contributed by atoms with Crippen LogP contribution in [0.4, 0.5) is 0 Å². The summed E-state index contributed by atoms with van der Waals surface area (Å²) in [5.74, 6) is 0. The number of benzene rings is 1. The van der Waals surface area contributed by atoms with Gasteiger partial charge in [0, 0.05) is 23.5 Å². The minimum Gasteiger partial charge on any atom is -0.319 e. The average molecular weight is 975 g/mol. The van der Waals surface area contributed by atoms with Crippen molar-refractivity contribution >= 4 is 93.1 Å². The predicted octanol–water partition coefficient (Wildman–Crippen LogP) is 8.47. The largest absolute Gasteiger partial charge is 0.357 e. The van der Waals surface area contributed by atoms with Crippen molar-refractivity contribution < 1.29 is 58.4 Å². The Bertz CT molecular complexity index is 939. The van der Waals surface area contributed by atoms with Crippen LogP contribution in [0, 0.1) is 11.9 Å². The van der Waals surface area contributed by atoms with Crippen molar-refractivity contribution in [1.29, 1.82) is 0 Å². The monoisotopic (exact) mass is 975 g/mol. The topological polar surface area (TPSA) is 163 Å². The van der Waals surface area contributed by atoms with E-state index < -0.39 is 31.7 Å². The van der Waals surface area contributed by atoms with Gasteiger partial charge < -0.3 is 40.7 Å². The molecular formula is C19H35I3N3O9P2SV-. The van der Waals surface area contributed by atoms with Crippen molar-refractivity contribution in [3.63, 3.8) is 0 Å². The Morgan fingerprint density at radius 2 is 1.26 bits per heavy atom. The molecule has 1 rings (SSSR count). The summed E-state index contributed by atoms with van der Waals surface area (Å²) in [6, 6.07) is 6.16. The summed E-state index contributed by atoms with van der Waals surface area (Å²) in [7, 11) is -10.7. The molecule has 0 atom stereocenters. The summed E-state index contributed by atoms with van der Waals surface area (Å²) >= 11 is 6.45. The zero-order chi connectivity index (χ0) is 29.4. The second-order valence-electron chi connectivity index (χ2n) is 5.88. The molecule has 0 aromatic heterocycles. The van der Waals surface area contributed by atoms with Crippen molar-refractivity contribution in [1.82, 2.24) is 0 Å². The molecule has 0 saturated carbocycles. The number of halogens is 3. The average Bonchev–Trinajstić information content (AvgIpc) is 2.85. The van der Waals surface area contributed by atoms with Crippen LogP contribution < -0.4 is 0 Å². The summed E-state index contributed by atoms with van der Waals surface area (Å²) in [6.45, 7) is 9.35. The van der Waals surface area contributed by atoms with Gasteiger partial charge in [0.25, 0.3) is 10.1 Å². The number of aryl methyl sites for hydroxylation is 1. The number of hydrogen-bond acceptors (Lipinski definition) is 10. The maximum absolute atomic E-state index is 12.1. The quantitative estimate of drug-likeness (QED) is 0.0260. The molecule has 19 heteroatoms. The van der Waals surface area contributed by atoms with E-state index in [4.69, 9.17) is 27.8 Å². The van der Waals surface area contributed by atoms with Crippen LogP contribution >= 0.6 is 83.0 Å². The first-order valence-electron chi connectivity index (χ1n) is 10.5. The van der Waals surface area contributed by atoms with Crippen molar-refractivity contribution in [3.05, 3.63) is 45.2 Å². The third-order valence-electron chi connectivity index (χ3n) is 3.28. The molecule has 0 bridgehead atoms. The smallest absolute Gasteiger partial charge is 0.319 e. The zero-order valence-corrected chi connectivity index (χ0v) is 32.3. The molecule has 0 saturated heterocycles. The summed E-state index contributed by atoms with van der Waals surface area (Å²) < 4.78 is 73.0. The maximum atomic E-state index is 12.1. The first-order valence-corrected chi connectivity index (χ1v) is 20.0. The number of alkyl halides is 2. The first-order chi connectivity index (χ1) is 17.4. The predicted molar refractivity (Wildman–Crippen MR) is 172 cm³/mol. The molecule has 12 nitrogen and oxygen atoms in total. The van der Waals surface area contributed by atoms with E-state index in [1.54, 1.807) is 39.8 Å².